The van der Waals surface area contributed by atoms with E-state index in [0.717, 1.165) is 12.8 Å². The van der Waals surface area contributed by atoms with Crippen LogP contribution < -0.4 is 10.6 Å². The number of nitrogens with zero attached hydrogens (tertiary/aromatic N) is 1. The topological polar surface area (TPSA) is 67.2 Å². The summed E-state index contributed by atoms with van der Waals surface area (Å²) in [6.45, 7) is 3.98. The van der Waals surface area contributed by atoms with E-state index in [1.807, 2.05) is 13.8 Å². The summed E-state index contributed by atoms with van der Waals surface area (Å²) >= 11 is 5.22. The normalized spacial score (nSPS) is 10.4. The molecule has 0 heterocycles. The van der Waals surface area contributed by atoms with Crippen molar-refractivity contribution in [2.75, 3.05) is 5.32 Å². The van der Waals surface area contributed by atoms with E-state index in [4.69, 9.17) is 18.6 Å². The standard InChI is InChI=1S/C14H17N3O2S/c1-4-14(5-2,6-3)16-13(20)15-11-7-9-12(10-8-11)17(18)19/h1,7-10H,5-6H2,2-3H3,(H2,15,16,20). The SMILES string of the molecule is C#CC(CC)(CC)NC(=S)Nc1ccc([N+](=O)[O-])cc1. The first-order chi connectivity index (χ1) is 9.46. The van der Waals surface area contributed by atoms with Crippen molar-refractivity contribution in [3.8, 4) is 12.3 Å². The van der Waals surface area contributed by atoms with Crippen LogP contribution in [-0.2, 0) is 0 Å². The van der Waals surface area contributed by atoms with E-state index in [1.165, 1.54) is 12.1 Å². The number of terminal acetylenes is 1. The van der Waals surface area contributed by atoms with E-state index in [9.17, 15) is 10.1 Å². The lowest BCUT2D eigenvalue weighted by Crippen LogP contribution is -2.48. The van der Waals surface area contributed by atoms with Crippen molar-refractivity contribution in [1.82, 2.24) is 5.32 Å². The van der Waals surface area contributed by atoms with Gasteiger partial charge in [-0.25, -0.2) is 0 Å². The number of thiocarbonyl (C=S) groups is 1. The van der Waals surface area contributed by atoms with Crippen LogP contribution in [0.15, 0.2) is 24.3 Å². The number of nitro benzene ring substituents is 1. The van der Waals surface area contributed by atoms with Crippen LogP contribution in [0.2, 0.25) is 0 Å². The molecule has 106 valence electrons. The fourth-order valence-electron chi connectivity index (χ4n) is 1.71. The smallest absolute Gasteiger partial charge is 0.269 e. The molecule has 0 aliphatic rings. The van der Waals surface area contributed by atoms with E-state index >= 15 is 0 Å². The molecule has 6 heteroatoms. The van der Waals surface area contributed by atoms with Crippen LogP contribution in [0, 0.1) is 22.5 Å². The molecular weight excluding hydrogens is 274 g/mol. The molecule has 0 atom stereocenters. The largest absolute Gasteiger partial charge is 0.346 e. The quantitative estimate of drug-likeness (QED) is 0.378. The zero-order valence-electron chi connectivity index (χ0n) is 11.5. The van der Waals surface area contributed by atoms with E-state index < -0.39 is 10.5 Å². The summed E-state index contributed by atoms with van der Waals surface area (Å²) in [4.78, 5) is 10.1. The Morgan fingerprint density at radius 2 is 1.95 bits per heavy atom. The Hall–Kier alpha value is -2.13. The van der Waals surface area contributed by atoms with Gasteiger partial charge >= 0.3 is 0 Å². The summed E-state index contributed by atoms with van der Waals surface area (Å²) in [5.74, 6) is 2.73. The molecule has 0 aliphatic heterocycles. The van der Waals surface area contributed by atoms with Gasteiger partial charge in [0.15, 0.2) is 5.11 Å². The Morgan fingerprint density at radius 1 is 1.40 bits per heavy atom. The molecule has 2 N–H and O–H groups in total. The van der Waals surface area contributed by atoms with Crippen molar-refractivity contribution in [2.45, 2.75) is 32.2 Å². The van der Waals surface area contributed by atoms with Gasteiger partial charge in [-0.2, -0.15) is 0 Å². The zero-order valence-corrected chi connectivity index (χ0v) is 12.3. The van der Waals surface area contributed by atoms with Gasteiger partial charge in [0.2, 0.25) is 0 Å². The minimum absolute atomic E-state index is 0.0366. The highest BCUT2D eigenvalue weighted by Gasteiger charge is 2.23. The molecule has 0 aromatic heterocycles. The van der Waals surface area contributed by atoms with Crippen molar-refractivity contribution in [1.29, 1.82) is 0 Å². The third-order valence-corrected chi connectivity index (χ3v) is 3.38. The molecule has 0 unspecified atom stereocenters. The maximum absolute atomic E-state index is 10.6. The molecule has 0 amide bonds. The van der Waals surface area contributed by atoms with Crippen LogP contribution in [0.1, 0.15) is 26.7 Å². The van der Waals surface area contributed by atoms with Crippen molar-refractivity contribution >= 4 is 28.7 Å². The number of hydrogen-bond acceptors (Lipinski definition) is 3. The molecular formula is C14H17N3O2S. The highest BCUT2D eigenvalue weighted by Crippen LogP contribution is 2.17. The van der Waals surface area contributed by atoms with E-state index in [1.54, 1.807) is 12.1 Å². The number of nitrogens with one attached hydrogen (secondary N) is 2. The fourth-order valence-corrected chi connectivity index (χ4v) is 2.03. The average Bonchev–Trinajstić information content (AvgIpc) is 2.45. The number of nitro groups is 1. The molecule has 0 saturated heterocycles. The monoisotopic (exact) mass is 291 g/mol. The Labute approximate surface area is 123 Å². The van der Waals surface area contributed by atoms with Crippen LogP contribution in [0.3, 0.4) is 0 Å². The highest BCUT2D eigenvalue weighted by atomic mass is 32.1. The molecule has 0 saturated carbocycles. The van der Waals surface area contributed by atoms with Crippen LogP contribution in [0.5, 0.6) is 0 Å². The van der Waals surface area contributed by atoms with Crippen molar-refractivity contribution in [2.24, 2.45) is 0 Å². The first-order valence-corrected chi connectivity index (χ1v) is 6.68. The minimum atomic E-state index is -0.467. The maximum atomic E-state index is 10.6. The predicted molar refractivity (Wildman–Crippen MR) is 84.6 cm³/mol. The van der Waals surface area contributed by atoms with Crippen molar-refractivity contribution in [3.05, 3.63) is 34.4 Å². The predicted octanol–water partition coefficient (Wildman–Crippen LogP) is 3.07. The van der Waals surface area contributed by atoms with Gasteiger partial charge < -0.3 is 10.6 Å². The van der Waals surface area contributed by atoms with Gasteiger partial charge in [-0.3, -0.25) is 10.1 Å². The van der Waals surface area contributed by atoms with Gasteiger partial charge in [0.05, 0.1) is 10.5 Å². The summed E-state index contributed by atoms with van der Waals surface area (Å²) in [6.07, 6.45) is 7.05. The highest BCUT2D eigenvalue weighted by molar-refractivity contribution is 7.80. The van der Waals surface area contributed by atoms with Gasteiger partial charge in [-0.05, 0) is 37.2 Å². The Bertz CT molecular complexity index is 530. The fraction of sp³-hybridized carbons (Fsp3) is 0.357. The minimum Gasteiger partial charge on any atom is -0.346 e. The number of hydrogen-bond donors (Lipinski definition) is 2. The van der Waals surface area contributed by atoms with Gasteiger partial charge in [0, 0.05) is 17.8 Å². The number of rotatable bonds is 5. The summed E-state index contributed by atoms with van der Waals surface area (Å²) < 4.78 is 0. The third-order valence-electron chi connectivity index (χ3n) is 3.17. The second kappa shape index (κ2) is 6.87. The lowest BCUT2D eigenvalue weighted by atomic mass is 9.94. The second-order valence-electron chi connectivity index (χ2n) is 4.32. The molecule has 0 aliphatic carbocycles. The number of benzene rings is 1. The van der Waals surface area contributed by atoms with E-state index in [2.05, 4.69) is 16.6 Å². The lowest BCUT2D eigenvalue weighted by Gasteiger charge is -2.28. The third kappa shape index (κ3) is 3.93. The molecule has 1 aromatic rings. The molecule has 20 heavy (non-hydrogen) atoms. The first kappa shape index (κ1) is 15.9. The number of anilines is 1. The van der Waals surface area contributed by atoms with Gasteiger partial charge in [-0.15, -0.1) is 6.42 Å². The summed E-state index contributed by atoms with van der Waals surface area (Å²) in [7, 11) is 0. The molecule has 0 spiro atoms. The van der Waals surface area contributed by atoms with E-state index in [-0.39, 0.29) is 5.69 Å². The molecule has 0 bridgehead atoms. The van der Waals surface area contributed by atoms with Gasteiger partial charge in [0.25, 0.3) is 5.69 Å². The Morgan fingerprint density at radius 3 is 2.35 bits per heavy atom. The summed E-state index contributed by atoms with van der Waals surface area (Å²) in [5, 5.41) is 17.1. The van der Waals surface area contributed by atoms with Crippen molar-refractivity contribution < 1.29 is 4.92 Å². The maximum Gasteiger partial charge on any atom is 0.269 e. The summed E-state index contributed by atoms with van der Waals surface area (Å²) in [6, 6.07) is 6.03. The first-order valence-electron chi connectivity index (χ1n) is 6.27. The Kier molecular flexibility index (Phi) is 5.47. The Balaban J connectivity index is 2.71. The zero-order chi connectivity index (χ0) is 15.2. The molecule has 5 nitrogen and oxygen atoms in total. The van der Waals surface area contributed by atoms with Gasteiger partial charge in [0.1, 0.15) is 0 Å². The average molecular weight is 291 g/mol. The summed E-state index contributed by atoms with van der Waals surface area (Å²) in [5.41, 5.74) is 0.242. The van der Waals surface area contributed by atoms with Crippen molar-refractivity contribution in [3.63, 3.8) is 0 Å². The lowest BCUT2D eigenvalue weighted by molar-refractivity contribution is -0.384. The van der Waals surface area contributed by atoms with E-state index in [0.29, 0.717) is 10.8 Å². The molecule has 0 fully saturated rings. The molecule has 1 aromatic carbocycles. The second-order valence-corrected chi connectivity index (χ2v) is 4.72. The van der Waals surface area contributed by atoms with Crippen LogP contribution in [0.4, 0.5) is 11.4 Å². The van der Waals surface area contributed by atoms with Gasteiger partial charge in [-0.1, -0.05) is 19.8 Å². The number of non-ortho nitro benzene ring substituents is 1. The van der Waals surface area contributed by atoms with Crippen LogP contribution in [0.25, 0.3) is 0 Å². The van der Waals surface area contributed by atoms with Crippen LogP contribution in [-0.4, -0.2) is 15.6 Å². The molecule has 1 rings (SSSR count). The molecule has 0 radical (unpaired) electrons. The van der Waals surface area contributed by atoms with Crippen LogP contribution >= 0.6 is 12.2 Å².